The molecule has 1 atom stereocenters. The first-order valence-corrected chi connectivity index (χ1v) is 7.04. The number of ether oxygens (including phenoxy) is 2. The molecule has 0 saturated carbocycles. The average Bonchev–Trinajstić information content (AvgIpc) is 2.56. The van der Waals surface area contributed by atoms with E-state index in [-0.39, 0.29) is 6.04 Å². The Morgan fingerprint density at radius 3 is 2.95 bits per heavy atom. The van der Waals surface area contributed by atoms with Crippen molar-refractivity contribution in [2.24, 2.45) is 5.84 Å². The fourth-order valence-electron chi connectivity index (χ4n) is 2.78. The van der Waals surface area contributed by atoms with Gasteiger partial charge in [0.2, 0.25) is 5.88 Å². The zero-order valence-electron chi connectivity index (χ0n) is 12.0. The van der Waals surface area contributed by atoms with Gasteiger partial charge in [-0.3, -0.25) is 5.84 Å². The van der Waals surface area contributed by atoms with Crippen LogP contribution >= 0.6 is 0 Å². The Hall–Kier alpha value is -2.11. The highest BCUT2D eigenvalue weighted by molar-refractivity contribution is 5.49. The van der Waals surface area contributed by atoms with Crippen molar-refractivity contribution in [3.05, 3.63) is 53.2 Å². The summed E-state index contributed by atoms with van der Waals surface area (Å²) in [5, 5.41) is 0. The van der Waals surface area contributed by atoms with Gasteiger partial charge < -0.3 is 9.47 Å². The molecule has 2 aromatic rings. The second-order valence-corrected chi connectivity index (χ2v) is 4.99. The molecule has 21 heavy (non-hydrogen) atoms. The fraction of sp³-hybridized carbons (Fsp3) is 0.312. The van der Waals surface area contributed by atoms with Gasteiger partial charge in [0, 0.05) is 17.3 Å². The van der Waals surface area contributed by atoms with Crippen LogP contribution < -0.4 is 20.7 Å². The van der Waals surface area contributed by atoms with Crippen LogP contribution in [0.15, 0.2) is 36.5 Å². The van der Waals surface area contributed by atoms with Gasteiger partial charge in [-0.2, -0.15) is 0 Å². The summed E-state index contributed by atoms with van der Waals surface area (Å²) in [6, 6.07) is 9.78. The third kappa shape index (κ3) is 2.57. The Kier molecular flexibility index (Phi) is 4.03. The number of nitrogens with zero attached hydrogens (tertiary/aromatic N) is 1. The molecule has 0 aliphatic carbocycles. The van der Waals surface area contributed by atoms with Crippen LogP contribution in [-0.2, 0) is 6.42 Å². The van der Waals surface area contributed by atoms with Gasteiger partial charge in [-0.1, -0.05) is 24.3 Å². The Morgan fingerprint density at radius 2 is 2.14 bits per heavy atom. The van der Waals surface area contributed by atoms with E-state index in [0.29, 0.717) is 5.88 Å². The topological polar surface area (TPSA) is 69.4 Å². The molecule has 1 aromatic carbocycles. The molecule has 0 saturated heterocycles. The summed E-state index contributed by atoms with van der Waals surface area (Å²) in [4.78, 5) is 4.25. The molecule has 0 bridgehead atoms. The van der Waals surface area contributed by atoms with E-state index in [0.717, 1.165) is 36.3 Å². The highest BCUT2D eigenvalue weighted by Gasteiger charge is 2.24. The van der Waals surface area contributed by atoms with Gasteiger partial charge in [0.1, 0.15) is 5.75 Å². The number of benzene rings is 1. The van der Waals surface area contributed by atoms with Crippen LogP contribution in [0.4, 0.5) is 0 Å². The van der Waals surface area contributed by atoms with Gasteiger partial charge in [-0.15, -0.1) is 0 Å². The molecule has 1 aromatic heterocycles. The minimum atomic E-state index is -0.221. The monoisotopic (exact) mass is 285 g/mol. The molecule has 3 rings (SSSR count). The Bertz CT molecular complexity index is 631. The van der Waals surface area contributed by atoms with Gasteiger partial charge in [0.15, 0.2) is 0 Å². The maximum absolute atomic E-state index is 5.88. The summed E-state index contributed by atoms with van der Waals surface area (Å²) in [6.45, 7) is 0.742. The summed E-state index contributed by atoms with van der Waals surface area (Å²) in [5.41, 5.74) is 5.99. The van der Waals surface area contributed by atoms with Gasteiger partial charge >= 0.3 is 0 Å². The lowest BCUT2D eigenvalue weighted by Gasteiger charge is -2.25. The predicted octanol–water partition coefficient (Wildman–Crippen LogP) is 1.97. The van der Waals surface area contributed by atoms with E-state index in [9.17, 15) is 0 Å². The zero-order valence-corrected chi connectivity index (χ0v) is 12.0. The van der Waals surface area contributed by atoms with Crippen LogP contribution in [0.25, 0.3) is 0 Å². The average molecular weight is 285 g/mol. The van der Waals surface area contributed by atoms with Crippen molar-refractivity contribution in [1.82, 2.24) is 10.4 Å². The highest BCUT2D eigenvalue weighted by atomic mass is 16.5. The number of hydrazine groups is 1. The molecule has 5 nitrogen and oxygen atoms in total. The second-order valence-electron chi connectivity index (χ2n) is 4.99. The zero-order chi connectivity index (χ0) is 14.7. The maximum atomic E-state index is 5.88. The van der Waals surface area contributed by atoms with Crippen molar-refractivity contribution in [2.45, 2.75) is 18.9 Å². The van der Waals surface area contributed by atoms with Gasteiger partial charge in [-0.25, -0.2) is 10.4 Å². The SMILES string of the molecule is COc1ncccc1C(NN)c1cccc2c1OCCC2. The van der Waals surface area contributed by atoms with E-state index >= 15 is 0 Å². The molecule has 1 unspecified atom stereocenters. The first-order chi connectivity index (χ1) is 10.3. The molecule has 1 aliphatic heterocycles. The van der Waals surface area contributed by atoms with Gasteiger partial charge in [0.25, 0.3) is 0 Å². The molecule has 0 amide bonds. The standard InChI is InChI=1S/C16H19N3O2/c1-20-16-13(8-3-9-18-16)14(19-17)12-7-2-5-11-6-4-10-21-15(11)12/h2-3,5,7-9,14,19H,4,6,10,17H2,1H3. The van der Waals surface area contributed by atoms with Crippen LogP contribution in [0.5, 0.6) is 11.6 Å². The lowest BCUT2D eigenvalue weighted by atomic mass is 9.94. The summed E-state index contributed by atoms with van der Waals surface area (Å²) in [7, 11) is 1.61. The van der Waals surface area contributed by atoms with Crippen LogP contribution in [0.1, 0.15) is 29.2 Å². The maximum Gasteiger partial charge on any atom is 0.218 e. The van der Waals surface area contributed by atoms with Crippen LogP contribution in [0.3, 0.4) is 0 Å². The van der Waals surface area contributed by atoms with E-state index in [1.54, 1.807) is 13.3 Å². The van der Waals surface area contributed by atoms with Crippen molar-refractivity contribution in [1.29, 1.82) is 0 Å². The summed E-state index contributed by atoms with van der Waals surface area (Å²) >= 11 is 0. The number of nitrogens with two attached hydrogens (primary N) is 1. The van der Waals surface area contributed by atoms with Crippen molar-refractivity contribution >= 4 is 0 Å². The highest BCUT2D eigenvalue weighted by Crippen LogP contribution is 2.37. The third-order valence-electron chi connectivity index (χ3n) is 3.75. The van der Waals surface area contributed by atoms with Crippen LogP contribution in [0.2, 0.25) is 0 Å². The first kappa shape index (κ1) is 13.9. The lowest BCUT2D eigenvalue weighted by Crippen LogP contribution is -2.30. The van der Waals surface area contributed by atoms with Crippen LogP contribution in [-0.4, -0.2) is 18.7 Å². The van der Waals surface area contributed by atoms with Crippen molar-refractivity contribution in [3.63, 3.8) is 0 Å². The molecule has 0 fully saturated rings. The molecule has 5 heteroatoms. The largest absolute Gasteiger partial charge is 0.493 e. The van der Waals surface area contributed by atoms with E-state index in [2.05, 4.69) is 16.5 Å². The van der Waals surface area contributed by atoms with Gasteiger partial charge in [0.05, 0.1) is 19.8 Å². The van der Waals surface area contributed by atoms with Crippen molar-refractivity contribution < 1.29 is 9.47 Å². The normalized spacial score (nSPS) is 15.0. The lowest BCUT2D eigenvalue weighted by molar-refractivity contribution is 0.282. The van der Waals surface area contributed by atoms with Gasteiger partial charge in [-0.05, 0) is 24.5 Å². The van der Waals surface area contributed by atoms with E-state index in [1.165, 1.54) is 5.56 Å². The molecule has 2 heterocycles. The van der Waals surface area contributed by atoms with Crippen molar-refractivity contribution in [3.8, 4) is 11.6 Å². The second kappa shape index (κ2) is 6.11. The number of nitrogens with one attached hydrogen (secondary N) is 1. The molecule has 0 radical (unpaired) electrons. The van der Waals surface area contributed by atoms with Crippen molar-refractivity contribution in [2.75, 3.05) is 13.7 Å². The molecule has 1 aliphatic rings. The Labute approximate surface area is 124 Å². The number of pyridine rings is 1. The molecule has 0 spiro atoms. The Balaban J connectivity index is 2.08. The number of hydrogen-bond donors (Lipinski definition) is 2. The predicted molar refractivity (Wildman–Crippen MR) is 80.2 cm³/mol. The number of aromatic nitrogens is 1. The number of rotatable bonds is 4. The number of fused-ring (bicyclic) bond motifs is 1. The number of hydrogen-bond acceptors (Lipinski definition) is 5. The minimum Gasteiger partial charge on any atom is -0.493 e. The molecule has 110 valence electrons. The molecule has 3 N–H and O–H groups in total. The fourth-order valence-corrected chi connectivity index (χ4v) is 2.78. The van der Waals surface area contributed by atoms with Crippen LogP contribution in [0, 0.1) is 0 Å². The Morgan fingerprint density at radius 1 is 1.29 bits per heavy atom. The number of para-hydroxylation sites is 1. The smallest absolute Gasteiger partial charge is 0.218 e. The van der Waals surface area contributed by atoms with E-state index in [4.69, 9.17) is 15.3 Å². The molecular formula is C16H19N3O2. The molecular weight excluding hydrogens is 266 g/mol. The quantitative estimate of drug-likeness (QED) is 0.664. The van der Waals surface area contributed by atoms with E-state index in [1.807, 2.05) is 24.3 Å². The summed E-state index contributed by atoms with van der Waals surface area (Å²) in [6.07, 6.45) is 3.78. The first-order valence-electron chi connectivity index (χ1n) is 7.04. The summed E-state index contributed by atoms with van der Waals surface area (Å²) < 4.78 is 11.2. The number of methoxy groups -OCH3 is 1. The van der Waals surface area contributed by atoms with E-state index < -0.39 is 0 Å². The number of aryl methyl sites for hydroxylation is 1. The minimum absolute atomic E-state index is 0.221. The summed E-state index contributed by atoms with van der Waals surface area (Å²) in [5.74, 6) is 7.30. The third-order valence-corrected chi connectivity index (χ3v) is 3.75.